The Labute approximate surface area is 130 Å². The molecule has 2 rings (SSSR count). The molecule has 118 valence electrons. The molecular formula is C19H32N2. The minimum absolute atomic E-state index is 0.444. The van der Waals surface area contributed by atoms with Crippen LogP contribution in [0.1, 0.15) is 63.6 Å². The van der Waals surface area contributed by atoms with Gasteiger partial charge in [0.1, 0.15) is 0 Å². The van der Waals surface area contributed by atoms with E-state index >= 15 is 0 Å². The fraction of sp³-hybridized carbons (Fsp3) is 0.684. The number of likely N-dealkylation sites (N-methyl/N-ethyl adjacent to an activating group) is 1. The van der Waals surface area contributed by atoms with E-state index in [1.165, 1.54) is 49.9 Å². The Balaban J connectivity index is 2.11. The second-order valence-electron chi connectivity index (χ2n) is 6.32. The first-order chi connectivity index (χ1) is 10.3. The summed E-state index contributed by atoms with van der Waals surface area (Å²) >= 11 is 0. The summed E-state index contributed by atoms with van der Waals surface area (Å²) in [6.45, 7) is 10.4. The van der Waals surface area contributed by atoms with Crippen molar-refractivity contribution in [3.05, 3.63) is 35.4 Å². The SMILES string of the molecule is CCNC(c1ccc(CC)cc1)C(C)N1CCCCCC1. The van der Waals surface area contributed by atoms with Gasteiger partial charge in [-0.25, -0.2) is 0 Å². The van der Waals surface area contributed by atoms with Crippen molar-refractivity contribution in [2.75, 3.05) is 19.6 Å². The highest BCUT2D eigenvalue weighted by molar-refractivity contribution is 5.26. The summed E-state index contributed by atoms with van der Waals surface area (Å²) < 4.78 is 0. The summed E-state index contributed by atoms with van der Waals surface area (Å²) in [5.74, 6) is 0. The van der Waals surface area contributed by atoms with Crippen molar-refractivity contribution < 1.29 is 0 Å². The second kappa shape index (κ2) is 8.55. The van der Waals surface area contributed by atoms with Gasteiger partial charge >= 0.3 is 0 Å². The van der Waals surface area contributed by atoms with Gasteiger partial charge in [-0.1, -0.05) is 51.0 Å². The summed E-state index contributed by atoms with van der Waals surface area (Å²) in [7, 11) is 0. The smallest absolute Gasteiger partial charge is 0.0475 e. The molecule has 0 aliphatic carbocycles. The quantitative estimate of drug-likeness (QED) is 0.845. The normalized spacial score (nSPS) is 20.0. The van der Waals surface area contributed by atoms with Gasteiger partial charge in [-0.15, -0.1) is 0 Å². The van der Waals surface area contributed by atoms with E-state index in [0.717, 1.165) is 13.0 Å². The average molecular weight is 288 g/mol. The predicted molar refractivity (Wildman–Crippen MR) is 91.7 cm³/mol. The Morgan fingerprint density at radius 3 is 2.14 bits per heavy atom. The van der Waals surface area contributed by atoms with Gasteiger partial charge in [0, 0.05) is 12.1 Å². The van der Waals surface area contributed by atoms with Crippen molar-refractivity contribution in [3.8, 4) is 0 Å². The van der Waals surface area contributed by atoms with Crippen LogP contribution in [0, 0.1) is 0 Å². The van der Waals surface area contributed by atoms with Gasteiger partial charge in [0.15, 0.2) is 0 Å². The van der Waals surface area contributed by atoms with Crippen LogP contribution < -0.4 is 5.32 Å². The highest BCUT2D eigenvalue weighted by Gasteiger charge is 2.24. The molecule has 1 heterocycles. The summed E-state index contributed by atoms with van der Waals surface area (Å²) in [5, 5.41) is 3.71. The Morgan fingerprint density at radius 1 is 1.00 bits per heavy atom. The van der Waals surface area contributed by atoms with Crippen molar-refractivity contribution in [3.63, 3.8) is 0 Å². The van der Waals surface area contributed by atoms with E-state index in [9.17, 15) is 0 Å². The number of rotatable bonds is 6. The Kier molecular flexibility index (Phi) is 6.72. The van der Waals surface area contributed by atoms with Crippen LogP contribution in [0.5, 0.6) is 0 Å². The average Bonchev–Trinajstić information content (AvgIpc) is 2.81. The van der Waals surface area contributed by atoms with Gasteiger partial charge < -0.3 is 5.32 Å². The van der Waals surface area contributed by atoms with Gasteiger partial charge in [0.05, 0.1) is 0 Å². The molecule has 0 aromatic heterocycles. The molecule has 2 unspecified atom stereocenters. The number of hydrogen-bond acceptors (Lipinski definition) is 2. The molecule has 0 amide bonds. The molecule has 0 spiro atoms. The van der Waals surface area contributed by atoms with Gasteiger partial charge in [-0.2, -0.15) is 0 Å². The second-order valence-corrected chi connectivity index (χ2v) is 6.32. The van der Waals surface area contributed by atoms with Crippen molar-refractivity contribution in [1.29, 1.82) is 0 Å². The summed E-state index contributed by atoms with van der Waals surface area (Å²) in [4.78, 5) is 2.69. The zero-order valence-electron chi connectivity index (χ0n) is 14.1. The zero-order valence-corrected chi connectivity index (χ0v) is 14.1. The van der Waals surface area contributed by atoms with Crippen LogP contribution in [0.15, 0.2) is 24.3 Å². The van der Waals surface area contributed by atoms with E-state index in [1.807, 2.05) is 0 Å². The number of nitrogens with one attached hydrogen (secondary N) is 1. The molecule has 2 nitrogen and oxygen atoms in total. The number of benzene rings is 1. The number of nitrogens with zero attached hydrogens (tertiary/aromatic N) is 1. The lowest BCUT2D eigenvalue weighted by Crippen LogP contribution is -2.43. The Hall–Kier alpha value is -0.860. The molecule has 0 bridgehead atoms. The van der Waals surface area contributed by atoms with Gasteiger partial charge in [-0.05, 0) is 56.9 Å². The lowest BCUT2D eigenvalue weighted by Gasteiger charge is -2.35. The first-order valence-electron chi connectivity index (χ1n) is 8.82. The monoisotopic (exact) mass is 288 g/mol. The molecule has 1 aromatic carbocycles. The topological polar surface area (TPSA) is 15.3 Å². The van der Waals surface area contributed by atoms with Crippen LogP contribution in [-0.4, -0.2) is 30.6 Å². The van der Waals surface area contributed by atoms with Crippen molar-refractivity contribution in [2.45, 2.75) is 65.0 Å². The lowest BCUT2D eigenvalue weighted by atomic mass is 9.97. The van der Waals surface area contributed by atoms with E-state index < -0.39 is 0 Å². The van der Waals surface area contributed by atoms with Gasteiger partial charge in [-0.3, -0.25) is 4.90 Å². The largest absolute Gasteiger partial charge is 0.309 e. The molecule has 2 atom stereocenters. The van der Waals surface area contributed by atoms with Crippen molar-refractivity contribution in [1.82, 2.24) is 10.2 Å². The summed E-state index contributed by atoms with van der Waals surface area (Å²) in [6.07, 6.45) is 6.64. The fourth-order valence-electron chi connectivity index (χ4n) is 3.46. The molecule has 1 fully saturated rings. The number of aryl methyl sites for hydroxylation is 1. The molecule has 1 aliphatic rings. The van der Waals surface area contributed by atoms with Crippen LogP contribution in [-0.2, 0) is 6.42 Å². The number of hydrogen-bond donors (Lipinski definition) is 1. The van der Waals surface area contributed by atoms with E-state index in [4.69, 9.17) is 0 Å². The third-order valence-corrected chi connectivity index (χ3v) is 4.87. The van der Waals surface area contributed by atoms with Crippen molar-refractivity contribution >= 4 is 0 Å². The van der Waals surface area contributed by atoms with Crippen LogP contribution in [0.4, 0.5) is 0 Å². The highest BCUT2D eigenvalue weighted by Crippen LogP contribution is 2.24. The Morgan fingerprint density at radius 2 is 1.62 bits per heavy atom. The van der Waals surface area contributed by atoms with Gasteiger partial charge in [0.25, 0.3) is 0 Å². The molecule has 2 heteroatoms. The van der Waals surface area contributed by atoms with Crippen LogP contribution >= 0.6 is 0 Å². The molecule has 0 saturated carbocycles. The van der Waals surface area contributed by atoms with Crippen LogP contribution in [0.25, 0.3) is 0 Å². The highest BCUT2D eigenvalue weighted by atomic mass is 15.2. The fourth-order valence-corrected chi connectivity index (χ4v) is 3.46. The number of likely N-dealkylation sites (tertiary alicyclic amines) is 1. The molecular weight excluding hydrogens is 256 g/mol. The van der Waals surface area contributed by atoms with E-state index in [1.54, 1.807) is 0 Å². The minimum atomic E-state index is 0.444. The zero-order chi connectivity index (χ0) is 15.1. The summed E-state index contributed by atoms with van der Waals surface area (Å²) in [6, 6.07) is 10.2. The first-order valence-corrected chi connectivity index (χ1v) is 8.82. The Bertz CT molecular complexity index is 391. The maximum Gasteiger partial charge on any atom is 0.0475 e. The summed E-state index contributed by atoms with van der Waals surface area (Å²) in [5.41, 5.74) is 2.86. The molecule has 1 aromatic rings. The first kappa shape index (κ1) is 16.5. The molecule has 1 saturated heterocycles. The lowest BCUT2D eigenvalue weighted by molar-refractivity contribution is 0.176. The molecule has 1 aliphatic heterocycles. The maximum absolute atomic E-state index is 3.71. The molecule has 1 N–H and O–H groups in total. The third kappa shape index (κ3) is 4.55. The van der Waals surface area contributed by atoms with Crippen LogP contribution in [0.3, 0.4) is 0 Å². The van der Waals surface area contributed by atoms with Crippen LogP contribution in [0.2, 0.25) is 0 Å². The van der Waals surface area contributed by atoms with E-state index in [0.29, 0.717) is 12.1 Å². The maximum atomic E-state index is 3.71. The minimum Gasteiger partial charge on any atom is -0.309 e. The predicted octanol–water partition coefficient (Wildman–Crippen LogP) is 4.16. The molecule has 21 heavy (non-hydrogen) atoms. The third-order valence-electron chi connectivity index (χ3n) is 4.87. The molecule has 0 radical (unpaired) electrons. The standard InChI is InChI=1S/C19H32N2/c1-4-17-10-12-18(13-11-17)19(20-5-2)16(3)21-14-8-6-7-9-15-21/h10-13,16,19-20H,4-9,14-15H2,1-3H3. The van der Waals surface area contributed by atoms with E-state index in [-0.39, 0.29) is 0 Å². The van der Waals surface area contributed by atoms with E-state index in [2.05, 4.69) is 55.3 Å². The van der Waals surface area contributed by atoms with Crippen molar-refractivity contribution in [2.24, 2.45) is 0 Å². The van der Waals surface area contributed by atoms with Gasteiger partial charge in [0.2, 0.25) is 0 Å².